The summed E-state index contributed by atoms with van der Waals surface area (Å²) in [6.07, 6.45) is 4.28. The zero-order chi connectivity index (χ0) is 15.5. The van der Waals surface area contributed by atoms with Gasteiger partial charge in [-0.25, -0.2) is 0 Å². The smallest absolute Gasteiger partial charge is 0.227 e. The number of nitrogens with two attached hydrogens (primary N) is 1. The predicted molar refractivity (Wildman–Crippen MR) is 99.6 cm³/mol. The monoisotopic (exact) mass is 371 g/mol. The highest BCUT2D eigenvalue weighted by Gasteiger charge is 2.27. The van der Waals surface area contributed by atoms with Crippen LogP contribution in [0.1, 0.15) is 26.2 Å². The maximum atomic E-state index is 12.3. The summed E-state index contributed by atoms with van der Waals surface area (Å²) in [6.45, 7) is 2.85. The van der Waals surface area contributed by atoms with Crippen LogP contribution in [-0.2, 0) is 11.3 Å². The van der Waals surface area contributed by atoms with E-state index in [9.17, 15) is 4.79 Å². The van der Waals surface area contributed by atoms with E-state index in [1.165, 1.54) is 0 Å². The molecule has 1 aliphatic carbocycles. The Morgan fingerprint density at radius 1 is 1.38 bits per heavy atom. The van der Waals surface area contributed by atoms with Crippen LogP contribution in [0.5, 0.6) is 0 Å². The fourth-order valence-corrected chi connectivity index (χ4v) is 2.94. The highest BCUT2D eigenvalue weighted by atomic mass is 35.5. The molecule has 3 rings (SSSR count). The van der Waals surface area contributed by atoms with Crippen molar-refractivity contribution in [3.8, 4) is 11.4 Å². The van der Waals surface area contributed by atoms with Crippen LogP contribution in [0.2, 0.25) is 0 Å². The van der Waals surface area contributed by atoms with Crippen molar-refractivity contribution in [3.05, 3.63) is 30.6 Å². The van der Waals surface area contributed by atoms with E-state index < -0.39 is 0 Å². The molecule has 0 spiro atoms. The largest absolute Gasteiger partial charge is 0.328 e. The van der Waals surface area contributed by atoms with Crippen LogP contribution in [0.15, 0.2) is 30.6 Å². The Hall–Kier alpha value is -1.63. The fourth-order valence-electron chi connectivity index (χ4n) is 2.94. The molecule has 2 atom stereocenters. The molecular formula is C16H23Cl2N5O. The normalized spacial score (nSPS) is 19.2. The van der Waals surface area contributed by atoms with Crippen molar-refractivity contribution in [2.24, 2.45) is 11.7 Å². The summed E-state index contributed by atoms with van der Waals surface area (Å²) < 4.78 is 1.97. The second-order valence-electron chi connectivity index (χ2n) is 5.78. The molecule has 0 bridgehead atoms. The third-order valence-electron chi connectivity index (χ3n) is 4.19. The summed E-state index contributed by atoms with van der Waals surface area (Å²) in [5.41, 5.74) is 7.61. The number of aryl methyl sites for hydroxylation is 1. The van der Waals surface area contributed by atoms with E-state index in [1.54, 1.807) is 6.33 Å². The predicted octanol–water partition coefficient (Wildman–Crippen LogP) is 2.87. The highest BCUT2D eigenvalue weighted by molar-refractivity contribution is 5.93. The second-order valence-corrected chi connectivity index (χ2v) is 5.78. The number of anilines is 1. The van der Waals surface area contributed by atoms with Crippen LogP contribution in [0.3, 0.4) is 0 Å². The number of nitrogens with zero attached hydrogens (tertiary/aromatic N) is 3. The minimum Gasteiger partial charge on any atom is -0.328 e. The first-order chi connectivity index (χ1) is 10.7. The highest BCUT2D eigenvalue weighted by Crippen LogP contribution is 2.26. The van der Waals surface area contributed by atoms with Crippen LogP contribution in [0.4, 0.5) is 5.69 Å². The Labute approximate surface area is 154 Å². The molecule has 0 radical (unpaired) electrons. The molecule has 2 aromatic rings. The quantitative estimate of drug-likeness (QED) is 0.864. The van der Waals surface area contributed by atoms with Crippen LogP contribution in [0, 0.1) is 5.92 Å². The zero-order valence-electron chi connectivity index (χ0n) is 13.5. The summed E-state index contributed by atoms with van der Waals surface area (Å²) in [5.74, 6) is 0.890. The molecule has 0 aliphatic heterocycles. The molecule has 0 saturated heterocycles. The molecule has 1 aromatic heterocycles. The maximum Gasteiger partial charge on any atom is 0.227 e. The van der Waals surface area contributed by atoms with Gasteiger partial charge in [0.2, 0.25) is 5.91 Å². The van der Waals surface area contributed by atoms with Crippen molar-refractivity contribution in [3.63, 3.8) is 0 Å². The van der Waals surface area contributed by atoms with Gasteiger partial charge in [-0.1, -0.05) is 12.1 Å². The van der Waals surface area contributed by atoms with E-state index in [2.05, 4.69) is 15.5 Å². The number of hydrogen-bond donors (Lipinski definition) is 2. The zero-order valence-corrected chi connectivity index (χ0v) is 15.1. The van der Waals surface area contributed by atoms with Gasteiger partial charge in [-0.15, -0.1) is 35.0 Å². The molecule has 1 heterocycles. The molecule has 8 heteroatoms. The number of nitrogens with one attached hydrogen (secondary N) is 1. The lowest BCUT2D eigenvalue weighted by Crippen LogP contribution is -2.23. The molecule has 1 aliphatic rings. The SMILES string of the molecule is CCn1cnnc1-c1cccc(NC(=O)C2CCC(N)C2)c1.Cl.Cl. The molecule has 1 fully saturated rings. The van der Waals surface area contributed by atoms with Crippen LogP contribution >= 0.6 is 24.8 Å². The van der Waals surface area contributed by atoms with E-state index >= 15 is 0 Å². The van der Waals surface area contributed by atoms with E-state index in [0.29, 0.717) is 0 Å². The molecule has 1 saturated carbocycles. The summed E-state index contributed by atoms with van der Waals surface area (Å²) in [4.78, 5) is 12.3. The van der Waals surface area contributed by atoms with Gasteiger partial charge in [-0.2, -0.15) is 0 Å². The number of carbonyl (C=O) groups is 1. The molecule has 6 nitrogen and oxygen atoms in total. The minimum atomic E-state index is 0. The molecular weight excluding hydrogens is 349 g/mol. The number of benzene rings is 1. The van der Waals surface area contributed by atoms with Crippen molar-refractivity contribution in [1.29, 1.82) is 0 Å². The molecule has 3 N–H and O–H groups in total. The number of carbonyl (C=O) groups excluding carboxylic acids is 1. The Balaban J connectivity index is 0.00000144. The van der Waals surface area contributed by atoms with Crippen LogP contribution in [0.25, 0.3) is 11.4 Å². The summed E-state index contributed by atoms with van der Waals surface area (Å²) >= 11 is 0. The van der Waals surface area contributed by atoms with Crippen LogP contribution < -0.4 is 11.1 Å². The lowest BCUT2D eigenvalue weighted by atomic mass is 10.1. The third-order valence-corrected chi connectivity index (χ3v) is 4.19. The van der Waals surface area contributed by atoms with Crippen molar-refractivity contribution in [1.82, 2.24) is 14.8 Å². The first kappa shape index (κ1) is 20.4. The molecule has 1 aromatic carbocycles. The number of amides is 1. The number of hydrogen-bond acceptors (Lipinski definition) is 4. The van der Waals surface area contributed by atoms with Gasteiger partial charge in [-0.3, -0.25) is 4.79 Å². The number of aromatic nitrogens is 3. The minimum absolute atomic E-state index is 0. The summed E-state index contributed by atoms with van der Waals surface area (Å²) in [6, 6.07) is 7.87. The van der Waals surface area contributed by atoms with Crippen molar-refractivity contribution in [2.75, 3.05) is 5.32 Å². The van der Waals surface area contributed by atoms with E-state index in [-0.39, 0.29) is 42.7 Å². The van der Waals surface area contributed by atoms with Gasteiger partial charge in [0, 0.05) is 29.8 Å². The summed E-state index contributed by atoms with van der Waals surface area (Å²) in [7, 11) is 0. The van der Waals surface area contributed by atoms with E-state index in [1.807, 2.05) is 35.8 Å². The fraction of sp³-hybridized carbons (Fsp3) is 0.438. The van der Waals surface area contributed by atoms with Crippen molar-refractivity contribution in [2.45, 2.75) is 38.8 Å². The average molecular weight is 372 g/mol. The van der Waals surface area contributed by atoms with Crippen molar-refractivity contribution < 1.29 is 4.79 Å². The first-order valence-corrected chi connectivity index (χ1v) is 7.72. The van der Waals surface area contributed by atoms with E-state index in [4.69, 9.17) is 5.73 Å². The molecule has 24 heavy (non-hydrogen) atoms. The third kappa shape index (κ3) is 4.47. The average Bonchev–Trinajstić information content (AvgIpc) is 3.15. The van der Waals surface area contributed by atoms with Crippen molar-refractivity contribution >= 4 is 36.4 Å². The van der Waals surface area contributed by atoms with Gasteiger partial charge in [0.05, 0.1) is 0 Å². The molecule has 2 unspecified atom stereocenters. The Kier molecular flexibility index (Phi) is 7.66. The van der Waals surface area contributed by atoms with Gasteiger partial charge in [-0.05, 0) is 38.3 Å². The Morgan fingerprint density at radius 2 is 2.17 bits per heavy atom. The second kappa shape index (κ2) is 9.01. The van der Waals surface area contributed by atoms with Crippen LogP contribution in [-0.4, -0.2) is 26.7 Å². The number of halogens is 2. The Morgan fingerprint density at radius 3 is 2.83 bits per heavy atom. The van der Waals surface area contributed by atoms with E-state index in [0.717, 1.165) is 42.9 Å². The standard InChI is InChI=1S/C16H21N5O.2ClH/c1-2-21-10-18-20-15(21)11-4-3-5-14(9-11)19-16(22)12-6-7-13(17)8-12;;/h3-5,9-10,12-13H,2,6-8,17H2,1H3,(H,19,22);2*1H. The molecule has 132 valence electrons. The lowest BCUT2D eigenvalue weighted by Gasteiger charge is -2.12. The van der Waals surface area contributed by atoms with Gasteiger partial charge in [0.25, 0.3) is 0 Å². The first-order valence-electron chi connectivity index (χ1n) is 7.72. The lowest BCUT2D eigenvalue weighted by molar-refractivity contribution is -0.119. The number of rotatable bonds is 4. The molecule has 1 amide bonds. The van der Waals surface area contributed by atoms with Gasteiger partial charge in [0.1, 0.15) is 6.33 Å². The van der Waals surface area contributed by atoms with Gasteiger partial charge in [0.15, 0.2) is 5.82 Å². The topological polar surface area (TPSA) is 85.8 Å². The van der Waals surface area contributed by atoms with Gasteiger partial charge < -0.3 is 15.6 Å². The maximum absolute atomic E-state index is 12.3. The Bertz CT molecular complexity index is 676. The summed E-state index contributed by atoms with van der Waals surface area (Å²) in [5, 5.41) is 11.1. The van der Waals surface area contributed by atoms with Gasteiger partial charge >= 0.3 is 0 Å².